The Balaban J connectivity index is 1.41. The summed E-state index contributed by atoms with van der Waals surface area (Å²) < 4.78 is 12.3. The molecule has 1 aromatic carbocycles. The lowest BCUT2D eigenvalue weighted by atomic mass is 10.2. The number of nitrogens with one attached hydrogen (secondary N) is 2. The fraction of sp³-hybridized carbons (Fsp3) is 0.619. The van der Waals surface area contributed by atoms with Crippen molar-refractivity contribution in [2.24, 2.45) is 4.99 Å². The summed E-state index contributed by atoms with van der Waals surface area (Å²) in [5.74, 6) is 2.16. The monoisotopic (exact) mass is 419 g/mol. The number of carbonyl (C=O) groups is 1. The largest absolute Gasteiger partial charge is 0.357 e. The third kappa shape index (κ3) is 7.78. The first kappa shape index (κ1) is 21.8. The van der Waals surface area contributed by atoms with Gasteiger partial charge in [-0.15, -0.1) is 0 Å². The molecule has 8 heteroatoms. The van der Waals surface area contributed by atoms with Crippen LogP contribution in [0.25, 0.3) is 0 Å². The Morgan fingerprint density at radius 2 is 1.90 bits per heavy atom. The number of carbonyl (C=O) groups excluding carboxylic acids is 1. The molecule has 1 aliphatic carbocycles. The van der Waals surface area contributed by atoms with Crippen molar-refractivity contribution >= 4 is 22.7 Å². The quantitative estimate of drug-likeness (QED) is 0.457. The number of nitrogens with zero attached hydrogens (tertiary/aromatic N) is 3. The molecular formula is C21H33N5O2S. The maximum absolute atomic E-state index is 12.3. The van der Waals surface area contributed by atoms with Gasteiger partial charge in [-0.05, 0) is 25.3 Å². The average molecular weight is 420 g/mol. The highest BCUT2D eigenvalue weighted by molar-refractivity contribution is 7.84. The van der Waals surface area contributed by atoms with E-state index in [1.807, 2.05) is 30.3 Å². The van der Waals surface area contributed by atoms with Crippen molar-refractivity contribution in [3.8, 4) is 0 Å². The summed E-state index contributed by atoms with van der Waals surface area (Å²) in [5.41, 5.74) is 1.10. The number of hydrogen-bond donors (Lipinski definition) is 2. The van der Waals surface area contributed by atoms with E-state index in [1.54, 1.807) is 0 Å². The number of piperazine rings is 1. The van der Waals surface area contributed by atoms with Gasteiger partial charge in [0.05, 0.1) is 13.1 Å². The van der Waals surface area contributed by atoms with E-state index in [9.17, 15) is 9.00 Å². The molecule has 2 aliphatic rings. The fourth-order valence-electron chi connectivity index (χ4n) is 3.33. The van der Waals surface area contributed by atoms with Crippen LogP contribution in [0.4, 0.5) is 0 Å². The fourth-order valence-corrected chi connectivity index (χ4v) is 4.34. The Bertz CT molecular complexity index is 700. The molecule has 2 N–H and O–H groups in total. The van der Waals surface area contributed by atoms with Crippen LogP contribution < -0.4 is 10.6 Å². The molecule has 1 aliphatic heterocycles. The Kier molecular flexibility index (Phi) is 8.49. The molecule has 2 fully saturated rings. The molecule has 29 heavy (non-hydrogen) atoms. The normalized spacial score (nSPS) is 19.1. The molecule has 0 spiro atoms. The summed E-state index contributed by atoms with van der Waals surface area (Å²) in [5, 5.41) is 6.40. The molecule has 0 aromatic heterocycles. The molecule has 1 atom stereocenters. The van der Waals surface area contributed by atoms with Crippen LogP contribution in [0.1, 0.15) is 25.3 Å². The van der Waals surface area contributed by atoms with Crippen LogP contribution in [0.15, 0.2) is 35.3 Å². The van der Waals surface area contributed by atoms with Gasteiger partial charge < -0.3 is 15.5 Å². The van der Waals surface area contributed by atoms with Crippen molar-refractivity contribution in [1.29, 1.82) is 0 Å². The molecule has 1 heterocycles. The lowest BCUT2D eigenvalue weighted by Crippen LogP contribution is -2.54. The third-order valence-corrected chi connectivity index (χ3v) is 6.36. The maximum Gasteiger partial charge on any atom is 0.234 e. The van der Waals surface area contributed by atoms with Crippen LogP contribution >= 0.6 is 0 Å². The summed E-state index contributed by atoms with van der Waals surface area (Å²) in [6.45, 7) is 7.27. The molecule has 1 amide bonds. The smallest absolute Gasteiger partial charge is 0.234 e. The van der Waals surface area contributed by atoms with E-state index in [0.29, 0.717) is 30.6 Å². The standard InChI is InChI=1S/C21H33N5O2S/c1-2-22-21(23-10-15-29(28)17-18-6-4-3-5-7-18)26-13-11-25(12-14-26)16-20(27)24-19-8-9-19/h3-7,19H,2,8-17H2,1H3,(H,22,23)(H,24,27). The van der Waals surface area contributed by atoms with Gasteiger partial charge >= 0.3 is 0 Å². The number of amides is 1. The lowest BCUT2D eigenvalue weighted by Gasteiger charge is -2.36. The first-order valence-corrected chi connectivity index (χ1v) is 12.1. The predicted molar refractivity (Wildman–Crippen MR) is 118 cm³/mol. The van der Waals surface area contributed by atoms with Gasteiger partial charge in [0, 0.05) is 61.1 Å². The summed E-state index contributed by atoms with van der Waals surface area (Å²) >= 11 is 0. The van der Waals surface area contributed by atoms with Crippen LogP contribution in [0, 0.1) is 0 Å². The minimum absolute atomic E-state index is 0.141. The molecule has 1 aromatic rings. The molecular weight excluding hydrogens is 386 g/mol. The Morgan fingerprint density at radius 1 is 1.17 bits per heavy atom. The van der Waals surface area contributed by atoms with Crippen LogP contribution in [0.3, 0.4) is 0 Å². The van der Waals surface area contributed by atoms with Crippen LogP contribution in [0.5, 0.6) is 0 Å². The van der Waals surface area contributed by atoms with Crippen molar-refractivity contribution in [3.05, 3.63) is 35.9 Å². The molecule has 0 radical (unpaired) electrons. The van der Waals surface area contributed by atoms with E-state index in [2.05, 4.69) is 27.4 Å². The molecule has 0 bridgehead atoms. The lowest BCUT2D eigenvalue weighted by molar-refractivity contribution is -0.122. The Hall–Kier alpha value is -1.93. The van der Waals surface area contributed by atoms with Gasteiger partial charge in [0.15, 0.2) is 5.96 Å². The van der Waals surface area contributed by atoms with Gasteiger partial charge in [-0.2, -0.15) is 0 Å². The SMILES string of the molecule is CCNC(=NCCS(=O)Cc1ccccc1)N1CCN(CC(=O)NC2CC2)CC1. The van der Waals surface area contributed by atoms with Gasteiger partial charge in [-0.1, -0.05) is 30.3 Å². The van der Waals surface area contributed by atoms with Crippen molar-refractivity contribution in [2.75, 3.05) is 51.6 Å². The average Bonchev–Trinajstić information content (AvgIpc) is 3.52. The predicted octanol–water partition coefficient (Wildman–Crippen LogP) is 0.797. The van der Waals surface area contributed by atoms with Crippen molar-refractivity contribution in [1.82, 2.24) is 20.4 Å². The second-order valence-corrected chi connectivity index (χ2v) is 9.19. The maximum atomic E-state index is 12.3. The Morgan fingerprint density at radius 3 is 2.55 bits per heavy atom. The summed E-state index contributed by atoms with van der Waals surface area (Å²) in [4.78, 5) is 21.1. The molecule has 1 saturated heterocycles. The van der Waals surface area contributed by atoms with Gasteiger partial charge in [-0.3, -0.25) is 18.9 Å². The molecule has 3 rings (SSSR count). The first-order valence-electron chi connectivity index (χ1n) is 10.6. The van der Waals surface area contributed by atoms with E-state index in [4.69, 9.17) is 4.99 Å². The van der Waals surface area contributed by atoms with Gasteiger partial charge in [0.1, 0.15) is 0 Å². The molecule has 7 nitrogen and oxygen atoms in total. The van der Waals surface area contributed by atoms with Crippen LogP contribution in [-0.4, -0.2) is 83.5 Å². The zero-order valence-electron chi connectivity index (χ0n) is 17.3. The summed E-state index contributed by atoms with van der Waals surface area (Å²) in [6.07, 6.45) is 2.25. The van der Waals surface area contributed by atoms with Crippen LogP contribution in [0.2, 0.25) is 0 Å². The second-order valence-electron chi connectivity index (χ2n) is 7.61. The Labute approximate surface area is 176 Å². The molecule has 160 valence electrons. The highest BCUT2D eigenvalue weighted by Gasteiger charge is 2.25. The number of hydrogen-bond acceptors (Lipinski definition) is 4. The topological polar surface area (TPSA) is 77.0 Å². The first-order chi connectivity index (χ1) is 14.1. The summed E-state index contributed by atoms with van der Waals surface area (Å²) in [7, 11) is -0.915. The van der Waals surface area contributed by atoms with Crippen molar-refractivity contribution in [2.45, 2.75) is 31.6 Å². The van der Waals surface area contributed by atoms with E-state index in [0.717, 1.165) is 57.1 Å². The van der Waals surface area contributed by atoms with Gasteiger partial charge in [-0.25, -0.2) is 0 Å². The van der Waals surface area contributed by atoms with Crippen molar-refractivity contribution < 1.29 is 9.00 Å². The highest BCUT2D eigenvalue weighted by Crippen LogP contribution is 2.18. The summed E-state index contributed by atoms with van der Waals surface area (Å²) in [6, 6.07) is 10.4. The molecule has 1 unspecified atom stereocenters. The van der Waals surface area contributed by atoms with E-state index in [-0.39, 0.29) is 5.91 Å². The third-order valence-electron chi connectivity index (χ3n) is 5.07. The highest BCUT2D eigenvalue weighted by atomic mass is 32.2. The van der Waals surface area contributed by atoms with Gasteiger partial charge in [0.25, 0.3) is 0 Å². The van der Waals surface area contributed by atoms with E-state index < -0.39 is 10.8 Å². The minimum Gasteiger partial charge on any atom is -0.357 e. The number of aliphatic imine (C=N–C) groups is 1. The van der Waals surface area contributed by atoms with E-state index >= 15 is 0 Å². The second kappa shape index (κ2) is 11.3. The van der Waals surface area contributed by atoms with Crippen LogP contribution in [-0.2, 0) is 21.3 Å². The van der Waals surface area contributed by atoms with Gasteiger partial charge in [0.2, 0.25) is 5.91 Å². The zero-order chi connectivity index (χ0) is 20.5. The zero-order valence-corrected chi connectivity index (χ0v) is 18.1. The molecule has 1 saturated carbocycles. The minimum atomic E-state index is -0.915. The number of guanidine groups is 1. The van der Waals surface area contributed by atoms with E-state index in [1.165, 1.54) is 0 Å². The van der Waals surface area contributed by atoms with Crippen molar-refractivity contribution in [3.63, 3.8) is 0 Å². The number of benzene rings is 1. The number of rotatable bonds is 9.